The Morgan fingerprint density at radius 1 is 0.167 bits per heavy atom. The lowest BCUT2D eigenvalue weighted by atomic mass is 9.93. The minimum atomic E-state index is 0.550. The summed E-state index contributed by atoms with van der Waals surface area (Å²) in [5, 5.41) is 0. The van der Waals surface area contributed by atoms with Gasteiger partial charge in [0.05, 0.1) is 11.4 Å². The van der Waals surface area contributed by atoms with E-state index in [-0.39, 0.29) is 0 Å². The summed E-state index contributed by atoms with van der Waals surface area (Å²) in [6, 6.07) is 77.0. The molecule has 11 rings (SSSR count). The minimum Gasteiger partial charge on any atom is -0.227 e. The van der Waals surface area contributed by atoms with Gasteiger partial charge in [-0.15, -0.1) is 0 Å². The first-order valence-electron chi connectivity index (χ1n) is 21.7. The van der Waals surface area contributed by atoms with Crippen LogP contribution in [0.15, 0.2) is 231 Å². The molecule has 0 N–H and O–H groups in total. The Labute approximate surface area is 382 Å². The maximum atomic E-state index is 5.45. The smallest absolute Gasteiger partial charge is 0.164 e. The van der Waals surface area contributed by atoms with Crippen LogP contribution < -0.4 is 0 Å². The molecule has 0 amide bonds. The zero-order valence-corrected chi connectivity index (χ0v) is 35.5. The van der Waals surface area contributed by atoms with Crippen LogP contribution in [0.5, 0.6) is 0 Å². The van der Waals surface area contributed by atoms with E-state index in [1.165, 1.54) is 0 Å². The lowest BCUT2D eigenvalue weighted by molar-refractivity contribution is 1.07. The third kappa shape index (κ3) is 8.25. The third-order valence-corrected chi connectivity index (χ3v) is 11.2. The molecule has 0 fully saturated rings. The van der Waals surface area contributed by atoms with E-state index < -0.39 is 0 Å². The topological polar surface area (TPSA) is 103 Å². The van der Waals surface area contributed by atoms with Gasteiger partial charge in [0, 0.05) is 55.6 Å². The molecule has 3 heterocycles. The Bertz CT molecular complexity index is 3270. The van der Waals surface area contributed by atoms with Crippen LogP contribution in [0.1, 0.15) is 0 Å². The fourth-order valence-electron chi connectivity index (χ4n) is 7.96. The van der Waals surface area contributed by atoms with Gasteiger partial charge in [-0.3, -0.25) is 0 Å². The van der Waals surface area contributed by atoms with Gasteiger partial charge in [-0.05, 0) is 17.7 Å². The molecule has 310 valence electrons. The van der Waals surface area contributed by atoms with E-state index in [1.807, 2.05) is 188 Å². The summed E-state index contributed by atoms with van der Waals surface area (Å²) in [5.41, 5.74) is 11.3. The molecular formula is C58H38N8. The summed E-state index contributed by atoms with van der Waals surface area (Å²) >= 11 is 0. The highest BCUT2D eigenvalue weighted by Crippen LogP contribution is 2.41. The van der Waals surface area contributed by atoms with E-state index in [0.29, 0.717) is 40.8 Å². The number of hydrogen-bond donors (Lipinski definition) is 0. The zero-order valence-electron chi connectivity index (χ0n) is 35.5. The molecule has 8 heteroatoms. The first-order valence-corrected chi connectivity index (χ1v) is 21.7. The van der Waals surface area contributed by atoms with Gasteiger partial charge in [0.25, 0.3) is 0 Å². The van der Waals surface area contributed by atoms with Crippen molar-refractivity contribution in [1.29, 1.82) is 0 Å². The van der Waals surface area contributed by atoms with E-state index >= 15 is 0 Å². The largest absolute Gasteiger partial charge is 0.227 e. The quantitative estimate of drug-likeness (QED) is 0.134. The Hall–Kier alpha value is -9.14. The summed E-state index contributed by atoms with van der Waals surface area (Å²) in [4.78, 5) is 40.9. The predicted octanol–water partition coefficient (Wildman–Crippen LogP) is 13.5. The number of benzene rings is 8. The highest BCUT2D eigenvalue weighted by Gasteiger charge is 2.22. The van der Waals surface area contributed by atoms with Crippen molar-refractivity contribution in [1.82, 2.24) is 39.9 Å². The maximum absolute atomic E-state index is 5.45. The molecule has 0 spiro atoms. The molecule has 0 unspecified atom stereocenters. The molecule has 66 heavy (non-hydrogen) atoms. The molecule has 0 saturated carbocycles. The first kappa shape index (κ1) is 39.7. The normalized spacial score (nSPS) is 11.0. The van der Waals surface area contributed by atoms with Crippen LogP contribution in [-0.4, -0.2) is 39.9 Å². The molecule has 8 aromatic carbocycles. The monoisotopic (exact) mass is 846 g/mol. The van der Waals surface area contributed by atoms with Gasteiger partial charge in [0.1, 0.15) is 0 Å². The van der Waals surface area contributed by atoms with E-state index in [1.54, 1.807) is 0 Å². The number of aromatic nitrogens is 8. The Morgan fingerprint density at radius 3 is 0.682 bits per heavy atom. The summed E-state index contributed by atoms with van der Waals surface area (Å²) in [6.45, 7) is 0. The molecule has 11 aromatic rings. The summed E-state index contributed by atoms with van der Waals surface area (Å²) < 4.78 is 0. The second-order valence-electron chi connectivity index (χ2n) is 15.6. The van der Waals surface area contributed by atoms with Crippen molar-refractivity contribution < 1.29 is 0 Å². The molecule has 0 radical (unpaired) electrons. The molecule has 0 aliphatic carbocycles. The number of nitrogens with zero attached hydrogens (tertiary/aromatic N) is 8. The molecule has 0 saturated heterocycles. The second kappa shape index (κ2) is 17.9. The molecule has 0 aliphatic rings. The molecule has 0 bridgehead atoms. The summed E-state index contributed by atoms with van der Waals surface area (Å²) in [5.74, 6) is 4.05. The molecule has 8 nitrogen and oxygen atoms in total. The maximum Gasteiger partial charge on any atom is 0.164 e. The van der Waals surface area contributed by atoms with Gasteiger partial charge in [-0.25, -0.2) is 39.9 Å². The van der Waals surface area contributed by atoms with E-state index in [0.717, 1.165) is 72.6 Å². The zero-order chi connectivity index (χ0) is 44.1. The average Bonchev–Trinajstić information content (AvgIpc) is 3.42. The molecule has 0 aliphatic heterocycles. The fraction of sp³-hybridized carbons (Fsp3) is 0. The predicted molar refractivity (Wildman–Crippen MR) is 263 cm³/mol. The van der Waals surface area contributed by atoms with Gasteiger partial charge < -0.3 is 0 Å². The average molecular weight is 847 g/mol. The Balaban J connectivity index is 1.09. The van der Waals surface area contributed by atoms with Crippen LogP contribution in [0.4, 0.5) is 0 Å². The van der Waals surface area contributed by atoms with Crippen LogP contribution in [0, 0.1) is 0 Å². The van der Waals surface area contributed by atoms with Crippen LogP contribution in [0.25, 0.3) is 113 Å². The van der Waals surface area contributed by atoms with E-state index in [2.05, 4.69) is 42.5 Å². The highest BCUT2D eigenvalue weighted by molar-refractivity contribution is 5.93. The van der Waals surface area contributed by atoms with Crippen molar-refractivity contribution in [2.45, 2.75) is 0 Å². The van der Waals surface area contributed by atoms with Gasteiger partial charge in [0.2, 0.25) is 0 Å². The first-order chi connectivity index (χ1) is 32.7. The van der Waals surface area contributed by atoms with Crippen molar-refractivity contribution >= 4 is 0 Å². The molecule has 0 atom stereocenters. The summed E-state index contributed by atoms with van der Waals surface area (Å²) in [7, 11) is 0. The SMILES string of the molecule is c1ccc(-c2nc(-c3ccccc3)nc(-c3cccc(-c4nc(-c5ccccc5)c(-c5cccc(-c6nc(-c7ccccc7)nc(-c7ccccc7)n6)c5)c(-c5ccccc5)n4)c3)n2)cc1. The third-order valence-electron chi connectivity index (χ3n) is 11.2. The van der Waals surface area contributed by atoms with Crippen LogP contribution in [0.3, 0.4) is 0 Å². The fourth-order valence-corrected chi connectivity index (χ4v) is 7.96. The van der Waals surface area contributed by atoms with E-state index in [4.69, 9.17) is 39.9 Å². The van der Waals surface area contributed by atoms with Crippen LogP contribution in [-0.2, 0) is 0 Å². The summed E-state index contributed by atoms with van der Waals surface area (Å²) in [6.07, 6.45) is 0. The standard InChI is InChI=1S/C58H38N8/c1-7-21-39(22-8-1)50-49(45-33-19-34-46(37-45)57-63-52(41-25-11-3-12-26-41)61-53(64-57)42-27-13-4-14-28-42)51(40-23-9-2-10-24-40)60-56(59-50)47-35-20-36-48(38-47)58-65-54(43-29-15-5-16-30-43)62-55(66-58)44-31-17-6-18-32-44/h1-38H. The van der Waals surface area contributed by atoms with Crippen molar-refractivity contribution in [3.63, 3.8) is 0 Å². The van der Waals surface area contributed by atoms with Crippen molar-refractivity contribution in [2.75, 3.05) is 0 Å². The molecular weight excluding hydrogens is 809 g/mol. The van der Waals surface area contributed by atoms with Crippen molar-refractivity contribution in [3.8, 4) is 113 Å². The van der Waals surface area contributed by atoms with E-state index in [9.17, 15) is 0 Å². The minimum absolute atomic E-state index is 0.550. The van der Waals surface area contributed by atoms with Crippen molar-refractivity contribution in [3.05, 3.63) is 231 Å². The second-order valence-corrected chi connectivity index (χ2v) is 15.6. The van der Waals surface area contributed by atoms with Crippen LogP contribution in [0.2, 0.25) is 0 Å². The number of hydrogen-bond acceptors (Lipinski definition) is 8. The Kier molecular flexibility index (Phi) is 10.8. The van der Waals surface area contributed by atoms with Gasteiger partial charge in [0.15, 0.2) is 40.8 Å². The van der Waals surface area contributed by atoms with Gasteiger partial charge >= 0.3 is 0 Å². The number of rotatable bonds is 10. The molecule has 3 aromatic heterocycles. The van der Waals surface area contributed by atoms with Gasteiger partial charge in [-0.2, -0.15) is 0 Å². The van der Waals surface area contributed by atoms with Gasteiger partial charge in [-0.1, -0.05) is 218 Å². The lowest BCUT2D eigenvalue weighted by Crippen LogP contribution is -2.02. The Morgan fingerprint density at radius 2 is 0.379 bits per heavy atom. The lowest BCUT2D eigenvalue weighted by Gasteiger charge is -2.18. The van der Waals surface area contributed by atoms with Crippen LogP contribution >= 0.6 is 0 Å². The highest BCUT2D eigenvalue weighted by atomic mass is 15.0. The van der Waals surface area contributed by atoms with Crippen molar-refractivity contribution in [2.24, 2.45) is 0 Å².